The summed E-state index contributed by atoms with van der Waals surface area (Å²) < 4.78 is 66.5. The number of carbonyl (C=O) groups is 2. The van der Waals surface area contributed by atoms with Gasteiger partial charge in [-0.2, -0.15) is 13.2 Å². The number of amides is 1. The maximum atomic E-state index is 14.2. The molecule has 4 rings (SSSR count). The van der Waals surface area contributed by atoms with Gasteiger partial charge in [0.05, 0.1) is 26.2 Å². The second-order valence-corrected chi connectivity index (χ2v) is 10.7. The zero-order valence-electron chi connectivity index (χ0n) is 22.9. The number of benzene rings is 1. The smallest absolute Gasteiger partial charge is 0.430 e. The molecule has 11 heteroatoms. The zero-order chi connectivity index (χ0) is 29.1. The molecule has 0 aliphatic carbocycles. The zero-order valence-corrected chi connectivity index (χ0v) is 22.9. The van der Waals surface area contributed by atoms with Gasteiger partial charge in [-0.15, -0.1) is 0 Å². The minimum Gasteiger partial charge on any atom is -0.542 e. The Labute approximate surface area is 227 Å². The van der Waals surface area contributed by atoms with Gasteiger partial charge in [0.1, 0.15) is 24.1 Å². The Balaban J connectivity index is 0.000000673. The molecule has 3 aliphatic heterocycles. The Hall–Kier alpha value is -2.43. The van der Waals surface area contributed by atoms with Crippen LogP contribution in [0.3, 0.4) is 0 Å². The number of quaternary nitrogens is 1. The SMILES string of the molecule is CCCCCCC[N+]12CCC(CC1)[C@@H](OC(=O)N(CCCC)Cc1cc(F)ccc1F)C2.O=C([O-])C(F)(F)F. The van der Waals surface area contributed by atoms with Crippen molar-refractivity contribution in [1.82, 2.24) is 4.90 Å². The first-order chi connectivity index (χ1) is 18.4. The van der Waals surface area contributed by atoms with Crippen molar-refractivity contribution in [3.63, 3.8) is 0 Å². The molecule has 0 unspecified atom stereocenters. The van der Waals surface area contributed by atoms with Crippen LogP contribution in [0, 0.1) is 17.6 Å². The number of carbonyl (C=O) groups excluding carboxylic acids is 2. The topological polar surface area (TPSA) is 69.7 Å². The average molecular weight is 565 g/mol. The van der Waals surface area contributed by atoms with Crippen molar-refractivity contribution < 1.29 is 45.9 Å². The highest BCUT2D eigenvalue weighted by molar-refractivity contribution is 5.70. The number of hydrogen-bond acceptors (Lipinski definition) is 4. The van der Waals surface area contributed by atoms with Crippen LogP contribution in [-0.2, 0) is 16.1 Å². The van der Waals surface area contributed by atoms with Crippen molar-refractivity contribution in [2.45, 2.75) is 90.5 Å². The summed E-state index contributed by atoms with van der Waals surface area (Å²) in [7, 11) is 0. The highest BCUT2D eigenvalue weighted by Gasteiger charge is 2.47. The number of rotatable bonds is 12. The van der Waals surface area contributed by atoms with Crippen molar-refractivity contribution in [1.29, 1.82) is 0 Å². The van der Waals surface area contributed by atoms with Crippen LogP contribution in [-0.4, -0.2) is 66.4 Å². The van der Waals surface area contributed by atoms with Crippen molar-refractivity contribution in [3.8, 4) is 0 Å². The summed E-state index contributed by atoms with van der Waals surface area (Å²) in [5.74, 6) is -3.56. The van der Waals surface area contributed by atoms with Crippen molar-refractivity contribution in [2.24, 2.45) is 5.92 Å². The third-order valence-electron chi connectivity index (χ3n) is 7.67. The normalized spacial score (nSPS) is 22.1. The molecular formula is C28H41F5N2O4. The molecule has 2 bridgehead atoms. The number of aliphatic carboxylic acids is 1. The minimum atomic E-state index is -5.19. The molecule has 222 valence electrons. The van der Waals surface area contributed by atoms with Crippen LogP contribution in [0.2, 0.25) is 0 Å². The molecule has 6 nitrogen and oxygen atoms in total. The lowest BCUT2D eigenvalue weighted by molar-refractivity contribution is -0.946. The van der Waals surface area contributed by atoms with E-state index in [1.807, 2.05) is 6.92 Å². The Morgan fingerprint density at radius 3 is 2.23 bits per heavy atom. The van der Waals surface area contributed by atoms with Gasteiger partial charge in [-0.25, -0.2) is 13.6 Å². The number of halogens is 5. The Morgan fingerprint density at radius 2 is 1.64 bits per heavy atom. The van der Waals surface area contributed by atoms with Crippen LogP contribution >= 0.6 is 0 Å². The van der Waals surface area contributed by atoms with E-state index in [4.69, 9.17) is 14.6 Å². The fourth-order valence-electron chi connectivity index (χ4n) is 5.38. The van der Waals surface area contributed by atoms with Crippen LogP contribution < -0.4 is 5.11 Å². The van der Waals surface area contributed by atoms with Gasteiger partial charge in [-0.3, -0.25) is 0 Å². The average Bonchev–Trinajstić information content (AvgIpc) is 2.88. The van der Waals surface area contributed by atoms with Crippen LogP contribution in [0.5, 0.6) is 0 Å². The first-order valence-corrected chi connectivity index (χ1v) is 13.9. The van der Waals surface area contributed by atoms with E-state index < -0.39 is 23.8 Å². The molecule has 0 spiro atoms. The Bertz CT molecular complexity index is 920. The lowest BCUT2D eigenvalue weighted by Gasteiger charge is -2.52. The molecule has 0 saturated carbocycles. The summed E-state index contributed by atoms with van der Waals surface area (Å²) in [4.78, 5) is 23.4. The minimum absolute atomic E-state index is 0.0389. The maximum Gasteiger partial charge on any atom is 0.430 e. The number of unbranched alkanes of at least 4 members (excludes halogenated alkanes) is 5. The Morgan fingerprint density at radius 1 is 1.03 bits per heavy atom. The summed E-state index contributed by atoms with van der Waals surface area (Å²) in [6.45, 7) is 9.29. The predicted molar refractivity (Wildman–Crippen MR) is 134 cm³/mol. The number of hydrogen-bond donors (Lipinski definition) is 0. The number of carboxylic acids is 1. The van der Waals surface area contributed by atoms with E-state index in [2.05, 4.69) is 6.92 Å². The fourth-order valence-corrected chi connectivity index (χ4v) is 5.38. The van der Waals surface area contributed by atoms with E-state index in [9.17, 15) is 26.7 Å². The van der Waals surface area contributed by atoms with Crippen molar-refractivity contribution in [3.05, 3.63) is 35.4 Å². The molecule has 1 amide bonds. The van der Waals surface area contributed by atoms with E-state index >= 15 is 0 Å². The maximum absolute atomic E-state index is 14.2. The van der Waals surface area contributed by atoms with Crippen LogP contribution in [0.15, 0.2) is 18.2 Å². The van der Waals surface area contributed by atoms with E-state index in [1.54, 1.807) is 4.90 Å². The van der Waals surface area contributed by atoms with Crippen molar-refractivity contribution >= 4 is 12.1 Å². The molecule has 3 aliphatic rings. The molecule has 3 heterocycles. The van der Waals surface area contributed by atoms with Crippen LogP contribution in [0.25, 0.3) is 0 Å². The standard InChI is InChI=1S/C26H41F2N2O2.C2HF3O2/c1-3-5-7-8-9-15-30-16-12-21(13-17-30)25(20-30)32-26(31)29(14-6-4-2)19-22-18-23(27)10-11-24(22)28;3-2(4,5)1(6)7/h10-11,18,21,25H,3-9,12-17,19-20H2,1-2H3;(H,6,7)/q+1;/p-1/t21?,25-,30?;/m0./s1. The molecule has 3 saturated heterocycles. The fraction of sp³-hybridized carbons (Fsp3) is 0.714. The monoisotopic (exact) mass is 564 g/mol. The van der Waals surface area contributed by atoms with E-state index in [-0.39, 0.29) is 24.3 Å². The third kappa shape index (κ3) is 10.6. The van der Waals surface area contributed by atoms with Gasteiger partial charge in [-0.05, 0) is 37.5 Å². The van der Waals surface area contributed by atoms with E-state index in [1.165, 1.54) is 57.8 Å². The number of fused-ring (bicyclic) bond motifs is 3. The summed E-state index contributed by atoms with van der Waals surface area (Å²) in [6.07, 6.45) is 4.69. The molecule has 1 atom stereocenters. The number of carboxylic acid groups (broad SMARTS) is 1. The number of ether oxygens (including phenoxy) is 1. The molecular weight excluding hydrogens is 523 g/mol. The van der Waals surface area contributed by atoms with Gasteiger partial charge in [0, 0.05) is 30.9 Å². The largest absolute Gasteiger partial charge is 0.542 e. The molecule has 0 radical (unpaired) electrons. The van der Waals surface area contributed by atoms with Gasteiger partial charge in [0.25, 0.3) is 0 Å². The summed E-state index contributed by atoms with van der Waals surface area (Å²) in [5, 5.41) is 8.78. The molecule has 0 N–H and O–H groups in total. The second kappa shape index (κ2) is 15.4. The third-order valence-corrected chi connectivity index (χ3v) is 7.67. The van der Waals surface area contributed by atoms with Gasteiger partial charge in [0.15, 0.2) is 6.10 Å². The van der Waals surface area contributed by atoms with Crippen LogP contribution in [0.1, 0.15) is 77.2 Å². The quantitative estimate of drug-likeness (QED) is 0.189. The first-order valence-electron chi connectivity index (χ1n) is 13.9. The van der Waals surface area contributed by atoms with Gasteiger partial charge < -0.3 is 24.0 Å². The molecule has 39 heavy (non-hydrogen) atoms. The first kappa shape index (κ1) is 32.8. The molecule has 3 fully saturated rings. The summed E-state index contributed by atoms with van der Waals surface area (Å²) >= 11 is 0. The Kier molecular flexibility index (Phi) is 12.9. The van der Waals surface area contributed by atoms with Gasteiger partial charge in [-0.1, -0.05) is 39.5 Å². The summed E-state index contributed by atoms with van der Waals surface area (Å²) in [5.41, 5.74) is 0.197. The second-order valence-electron chi connectivity index (χ2n) is 10.7. The van der Waals surface area contributed by atoms with E-state index in [0.29, 0.717) is 12.5 Å². The van der Waals surface area contributed by atoms with Crippen LogP contribution in [0.4, 0.5) is 26.7 Å². The molecule has 1 aromatic rings. The highest BCUT2D eigenvalue weighted by atomic mass is 19.4. The molecule has 0 aromatic heterocycles. The number of piperidine rings is 3. The highest BCUT2D eigenvalue weighted by Crippen LogP contribution is 2.36. The van der Waals surface area contributed by atoms with Gasteiger partial charge >= 0.3 is 12.3 Å². The lowest BCUT2D eigenvalue weighted by Crippen LogP contribution is -2.64. The number of nitrogens with zero attached hydrogens (tertiary/aromatic N) is 2. The van der Waals surface area contributed by atoms with Gasteiger partial charge in [0.2, 0.25) is 0 Å². The summed E-state index contributed by atoms with van der Waals surface area (Å²) in [6, 6.07) is 3.40. The number of alkyl halides is 3. The molecule has 1 aromatic carbocycles. The van der Waals surface area contributed by atoms with Crippen molar-refractivity contribution in [2.75, 3.05) is 32.7 Å². The predicted octanol–water partition coefficient (Wildman–Crippen LogP) is 5.58. The lowest BCUT2D eigenvalue weighted by atomic mass is 9.83. The van der Waals surface area contributed by atoms with E-state index in [0.717, 1.165) is 48.8 Å².